The van der Waals surface area contributed by atoms with Crippen LogP contribution in [0.3, 0.4) is 0 Å². The van der Waals surface area contributed by atoms with E-state index < -0.39 is 0 Å². The van der Waals surface area contributed by atoms with Crippen LogP contribution >= 0.6 is 0 Å². The Bertz CT molecular complexity index is 1160. The Morgan fingerprint density at radius 2 is 1.85 bits per heavy atom. The summed E-state index contributed by atoms with van der Waals surface area (Å²) in [6.07, 6.45) is 1.72. The summed E-state index contributed by atoms with van der Waals surface area (Å²) in [5.41, 5.74) is 4.69. The van der Waals surface area contributed by atoms with Crippen LogP contribution in [0.4, 0.5) is 5.69 Å². The molecule has 2 amide bonds. The van der Waals surface area contributed by atoms with Crippen molar-refractivity contribution in [3.63, 3.8) is 0 Å². The zero-order valence-electron chi connectivity index (χ0n) is 19.1. The number of carbonyl (C=O) groups is 2. The lowest BCUT2D eigenvalue weighted by atomic mass is 10.0. The van der Waals surface area contributed by atoms with Crippen LogP contribution in [0.2, 0.25) is 0 Å². The van der Waals surface area contributed by atoms with Crippen LogP contribution < -0.4 is 15.5 Å². The van der Waals surface area contributed by atoms with Crippen LogP contribution in [-0.2, 0) is 13.5 Å². The van der Waals surface area contributed by atoms with Crippen LogP contribution in [0.25, 0.3) is 10.9 Å². The van der Waals surface area contributed by atoms with E-state index in [2.05, 4.69) is 50.8 Å². The topological polar surface area (TPSA) is 69.6 Å². The van der Waals surface area contributed by atoms with Gasteiger partial charge in [0.05, 0.1) is 0 Å². The number of aromatic nitrogens is 1. The summed E-state index contributed by atoms with van der Waals surface area (Å²) in [4.78, 5) is 29.9. The van der Waals surface area contributed by atoms with Crippen molar-refractivity contribution >= 4 is 28.4 Å². The van der Waals surface area contributed by atoms with Gasteiger partial charge >= 0.3 is 0 Å². The van der Waals surface area contributed by atoms with E-state index in [-0.39, 0.29) is 11.8 Å². The smallest absolute Gasteiger partial charge is 0.268 e. The number of hydrogen-bond donors (Lipinski definition) is 2. The van der Waals surface area contributed by atoms with Crippen LogP contribution in [0, 0.1) is 0 Å². The highest BCUT2D eigenvalue weighted by molar-refractivity contribution is 6.05. The fourth-order valence-corrected chi connectivity index (χ4v) is 5.06. The van der Waals surface area contributed by atoms with Gasteiger partial charge in [-0.2, -0.15) is 0 Å². The van der Waals surface area contributed by atoms with E-state index in [9.17, 15) is 9.59 Å². The first-order valence-corrected chi connectivity index (χ1v) is 11.8. The number of amides is 2. The fraction of sp³-hybridized carbons (Fsp3) is 0.385. The van der Waals surface area contributed by atoms with Crippen molar-refractivity contribution in [2.75, 3.05) is 50.7 Å². The largest absolute Gasteiger partial charge is 0.369 e. The van der Waals surface area contributed by atoms with Crippen LogP contribution in [0.15, 0.2) is 48.5 Å². The maximum Gasteiger partial charge on any atom is 0.268 e. The third-order valence-corrected chi connectivity index (χ3v) is 6.87. The molecular weight excluding hydrogens is 414 g/mol. The summed E-state index contributed by atoms with van der Waals surface area (Å²) in [6.45, 7) is 6.46. The molecule has 0 saturated carbocycles. The number of nitrogens with one attached hydrogen (secondary N) is 2. The first-order valence-electron chi connectivity index (χ1n) is 11.8. The summed E-state index contributed by atoms with van der Waals surface area (Å²) in [5, 5.41) is 6.98. The molecule has 0 aliphatic carbocycles. The number of para-hydroxylation sites is 1. The van der Waals surface area contributed by atoms with Crippen molar-refractivity contribution in [3.8, 4) is 0 Å². The molecule has 0 unspecified atom stereocenters. The third-order valence-electron chi connectivity index (χ3n) is 6.87. The molecule has 3 aromatic rings. The molecule has 2 aliphatic rings. The minimum Gasteiger partial charge on any atom is -0.369 e. The lowest BCUT2D eigenvalue weighted by Gasteiger charge is -2.36. The van der Waals surface area contributed by atoms with Gasteiger partial charge in [-0.25, -0.2) is 0 Å². The summed E-state index contributed by atoms with van der Waals surface area (Å²) >= 11 is 0. The second-order valence-electron chi connectivity index (χ2n) is 8.90. The summed E-state index contributed by atoms with van der Waals surface area (Å²) in [5.74, 6) is -0.0887. The Labute approximate surface area is 194 Å². The number of nitrogens with zero attached hydrogens (tertiary/aromatic N) is 3. The van der Waals surface area contributed by atoms with Crippen LogP contribution in [-0.4, -0.2) is 67.1 Å². The van der Waals surface area contributed by atoms with Crippen molar-refractivity contribution in [1.82, 2.24) is 20.1 Å². The molecule has 0 atom stereocenters. The number of anilines is 1. The van der Waals surface area contributed by atoms with Crippen molar-refractivity contribution < 1.29 is 9.59 Å². The number of benzene rings is 2. The van der Waals surface area contributed by atoms with Gasteiger partial charge in [-0.3, -0.25) is 14.5 Å². The molecule has 7 nitrogen and oxygen atoms in total. The first-order chi connectivity index (χ1) is 16.1. The fourth-order valence-electron chi connectivity index (χ4n) is 5.06. The molecule has 33 heavy (non-hydrogen) atoms. The van der Waals surface area contributed by atoms with Gasteiger partial charge in [0, 0.05) is 68.5 Å². The predicted molar refractivity (Wildman–Crippen MR) is 131 cm³/mol. The molecule has 1 aromatic heterocycles. The molecule has 2 aromatic carbocycles. The van der Waals surface area contributed by atoms with Crippen LogP contribution in [0.5, 0.6) is 0 Å². The van der Waals surface area contributed by atoms with E-state index in [1.54, 1.807) is 0 Å². The summed E-state index contributed by atoms with van der Waals surface area (Å²) < 4.78 is 1.93. The minimum absolute atomic E-state index is 0.0365. The Hall–Kier alpha value is -3.32. The molecule has 1 saturated heterocycles. The minimum atomic E-state index is -0.0522. The molecule has 1 fully saturated rings. The van der Waals surface area contributed by atoms with Crippen LogP contribution in [0.1, 0.15) is 32.8 Å². The molecule has 2 aliphatic heterocycles. The molecule has 5 rings (SSSR count). The number of carbonyl (C=O) groups excluding carboxylic acids is 2. The Kier molecular flexibility index (Phi) is 6.05. The highest BCUT2D eigenvalue weighted by atomic mass is 16.2. The second kappa shape index (κ2) is 9.27. The molecule has 172 valence electrons. The van der Waals surface area contributed by atoms with E-state index in [0.29, 0.717) is 24.3 Å². The highest BCUT2D eigenvalue weighted by Crippen LogP contribution is 2.28. The van der Waals surface area contributed by atoms with Crippen molar-refractivity contribution in [1.29, 1.82) is 0 Å². The Balaban J connectivity index is 1.13. The van der Waals surface area contributed by atoms with E-state index in [0.717, 1.165) is 62.0 Å². The van der Waals surface area contributed by atoms with Crippen molar-refractivity contribution in [3.05, 3.63) is 65.4 Å². The van der Waals surface area contributed by atoms with Gasteiger partial charge in [0.1, 0.15) is 5.69 Å². The van der Waals surface area contributed by atoms with Gasteiger partial charge in [0.25, 0.3) is 11.8 Å². The van der Waals surface area contributed by atoms with Gasteiger partial charge in [-0.05, 0) is 55.3 Å². The number of aryl methyl sites for hydroxylation is 1. The number of fused-ring (bicyclic) bond motifs is 3. The zero-order chi connectivity index (χ0) is 22.8. The average molecular weight is 446 g/mol. The first kappa shape index (κ1) is 21.5. The van der Waals surface area contributed by atoms with Gasteiger partial charge in [-0.1, -0.05) is 18.2 Å². The normalized spacial score (nSPS) is 16.5. The molecule has 7 heteroatoms. The molecule has 2 N–H and O–H groups in total. The van der Waals surface area contributed by atoms with E-state index in [1.165, 1.54) is 5.69 Å². The van der Waals surface area contributed by atoms with Gasteiger partial charge in [0.15, 0.2) is 0 Å². The quantitative estimate of drug-likeness (QED) is 0.572. The maximum absolute atomic E-state index is 12.8. The second-order valence-corrected chi connectivity index (χ2v) is 8.90. The Morgan fingerprint density at radius 1 is 1.06 bits per heavy atom. The van der Waals surface area contributed by atoms with Gasteiger partial charge in [0.2, 0.25) is 0 Å². The maximum atomic E-state index is 12.8. The highest BCUT2D eigenvalue weighted by Gasteiger charge is 2.25. The lowest BCUT2D eigenvalue weighted by molar-refractivity contribution is 0.0934. The molecule has 0 spiro atoms. The van der Waals surface area contributed by atoms with E-state index >= 15 is 0 Å². The van der Waals surface area contributed by atoms with Crippen molar-refractivity contribution in [2.45, 2.75) is 12.8 Å². The van der Waals surface area contributed by atoms with E-state index in [4.69, 9.17) is 0 Å². The SMILES string of the molecule is Cn1c2c(c3cc(C(=O)NCCCN4CCN(c5ccccc5)CC4)ccc31)CCNC2=O. The van der Waals surface area contributed by atoms with Gasteiger partial charge < -0.3 is 20.1 Å². The molecular formula is C26H31N5O2. The average Bonchev–Trinajstić information content (AvgIpc) is 3.15. The monoisotopic (exact) mass is 445 g/mol. The number of piperazine rings is 1. The summed E-state index contributed by atoms with van der Waals surface area (Å²) in [7, 11) is 1.91. The number of hydrogen-bond acceptors (Lipinski definition) is 4. The predicted octanol–water partition coefficient (Wildman–Crippen LogP) is 2.41. The third kappa shape index (κ3) is 4.33. The van der Waals surface area contributed by atoms with E-state index in [1.807, 2.05) is 29.8 Å². The lowest BCUT2D eigenvalue weighted by Crippen LogP contribution is -2.47. The Morgan fingerprint density at radius 3 is 2.64 bits per heavy atom. The summed E-state index contributed by atoms with van der Waals surface area (Å²) in [6, 6.07) is 16.3. The van der Waals surface area contributed by atoms with Crippen molar-refractivity contribution in [2.24, 2.45) is 7.05 Å². The molecule has 0 bridgehead atoms. The standard InChI is InChI=1S/C26H31N5O2/c1-29-23-9-8-19(18-22(23)21-10-12-28-26(33)24(21)29)25(32)27-11-5-13-30-14-16-31(17-15-30)20-6-3-2-4-7-20/h2-4,6-9,18H,5,10-17H2,1H3,(H,27,32)(H,28,33). The van der Waals surface area contributed by atoms with Gasteiger partial charge in [-0.15, -0.1) is 0 Å². The zero-order valence-corrected chi connectivity index (χ0v) is 19.1. The molecule has 0 radical (unpaired) electrons. The molecule has 3 heterocycles. The number of rotatable bonds is 6.